The van der Waals surface area contributed by atoms with Crippen LogP contribution in [0.15, 0.2) is 46.9 Å². The van der Waals surface area contributed by atoms with Crippen LogP contribution in [0.4, 0.5) is 0 Å². The Morgan fingerprint density at radius 3 is 2.34 bits per heavy atom. The molecule has 0 saturated carbocycles. The zero-order chi connectivity index (χ0) is 25.0. The number of hydrogen-bond acceptors (Lipinski definition) is 7. The van der Waals surface area contributed by atoms with Crippen LogP contribution >= 0.6 is 11.3 Å². The van der Waals surface area contributed by atoms with Crippen molar-refractivity contribution in [3.8, 4) is 28.5 Å². The number of benzene rings is 2. The van der Waals surface area contributed by atoms with Crippen molar-refractivity contribution in [3.63, 3.8) is 0 Å². The lowest BCUT2D eigenvalue weighted by atomic mass is 10.0. The van der Waals surface area contributed by atoms with Crippen molar-refractivity contribution in [1.29, 1.82) is 0 Å². The minimum absolute atomic E-state index is 0.0407. The molecule has 0 aliphatic rings. The SMILES string of the molecule is CCCOc1cc(OCCCCCOc2ccccc2C(N)=NO)c(CC)cc1-c1csc(C)n1. The van der Waals surface area contributed by atoms with Gasteiger partial charge in [-0.05, 0) is 62.8 Å². The number of aromatic nitrogens is 1. The molecule has 0 amide bonds. The molecule has 0 fully saturated rings. The van der Waals surface area contributed by atoms with Crippen molar-refractivity contribution in [3.05, 3.63) is 57.9 Å². The zero-order valence-corrected chi connectivity index (χ0v) is 21.6. The fourth-order valence-corrected chi connectivity index (χ4v) is 4.25. The average molecular weight is 498 g/mol. The molecule has 1 heterocycles. The van der Waals surface area contributed by atoms with E-state index in [4.69, 9.17) is 25.2 Å². The van der Waals surface area contributed by atoms with Gasteiger partial charge in [0.1, 0.15) is 17.2 Å². The molecule has 1 aromatic heterocycles. The van der Waals surface area contributed by atoms with Gasteiger partial charge in [0.05, 0.1) is 36.1 Å². The number of nitrogens with zero attached hydrogens (tertiary/aromatic N) is 2. The molecule has 3 aromatic rings. The molecule has 0 radical (unpaired) electrons. The molecule has 188 valence electrons. The number of thiazole rings is 1. The molecular formula is C27H35N3O4S. The van der Waals surface area contributed by atoms with E-state index >= 15 is 0 Å². The van der Waals surface area contributed by atoms with Crippen LogP contribution in [0.2, 0.25) is 0 Å². The monoisotopic (exact) mass is 497 g/mol. The molecule has 0 aliphatic heterocycles. The van der Waals surface area contributed by atoms with Crippen LogP contribution in [0.25, 0.3) is 11.3 Å². The number of para-hydroxylation sites is 1. The van der Waals surface area contributed by atoms with Gasteiger partial charge in [0.15, 0.2) is 5.84 Å². The van der Waals surface area contributed by atoms with Crippen LogP contribution in [0.3, 0.4) is 0 Å². The largest absolute Gasteiger partial charge is 0.493 e. The van der Waals surface area contributed by atoms with E-state index in [9.17, 15) is 0 Å². The van der Waals surface area contributed by atoms with Crippen LogP contribution in [-0.4, -0.2) is 35.8 Å². The number of oxime groups is 1. The summed E-state index contributed by atoms with van der Waals surface area (Å²) in [4.78, 5) is 4.66. The lowest BCUT2D eigenvalue weighted by molar-refractivity contribution is 0.275. The van der Waals surface area contributed by atoms with E-state index in [0.717, 1.165) is 65.4 Å². The van der Waals surface area contributed by atoms with E-state index in [1.54, 1.807) is 17.4 Å². The summed E-state index contributed by atoms with van der Waals surface area (Å²) in [5, 5.41) is 15.1. The Morgan fingerprint density at radius 1 is 0.971 bits per heavy atom. The van der Waals surface area contributed by atoms with Crippen LogP contribution in [0.5, 0.6) is 17.2 Å². The highest BCUT2D eigenvalue weighted by atomic mass is 32.1. The molecule has 35 heavy (non-hydrogen) atoms. The number of nitrogens with two attached hydrogens (primary N) is 1. The third-order valence-corrected chi connectivity index (χ3v) is 6.25. The summed E-state index contributed by atoms with van der Waals surface area (Å²) in [5.41, 5.74) is 9.43. The second-order valence-electron chi connectivity index (χ2n) is 8.15. The van der Waals surface area contributed by atoms with Gasteiger partial charge in [0.2, 0.25) is 0 Å². The quantitative estimate of drug-likeness (QED) is 0.0905. The van der Waals surface area contributed by atoms with Gasteiger partial charge in [-0.3, -0.25) is 0 Å². The number of unbranched alkanes of at least 4 members (excludes halogenated alkanes) is 2. The van der Waals surface area contributed by atoms with Crippen LogP contribution in [0.1, 0.15) is 55.7 Å². The molecule has 0 atom stereocenters. The van der Waals surface area contributed by atoms with Gasteiger partial charge in [-0.2, -0.15) is 0 Å². The maximum atomic E-state index is 8.93. The van der Waals surface area contributed by atoms with E-state index in [2.05, 4.69) is 35.4 Å². The predicted octanol–water partition coefficient (Wildman–Crippen LogP) is 6.19. The fraction of sp³-hybridized carbons (Fsp3) is 0.407. The highest BCUT2D eigenvalue weighted by Crippen LogP contribution is 2.37. The number of hydrogen-bond donors (Lipinski definition) is 2. The molecule has 0 spiro atoms. The number of ether oxygens (including phenoxy) is 3. The number of aryl methyl sites for hydroxylation is 2. The number of amidine groups is 1. The van der Waals surface area contributed by atoms with Gasteiger partial charge in [-0.1, -0.05) is 31.1 Å². The predicted molar refractivity (Wildman–Crippen MR) is 141 cm³/mol. The lowest BCUT2D eigenvalue weighted by Crippen LogP contribution is -2.15. The van der Waals surface area contributed by atoms with Crippen molar-refractivity contribution in [2.75, 3.05) is 19.8 Å². The standard InChI is InChI=1S/C27H35N3O4S/c1-4-13-32-26-17-25(20(5-2)16-22(26)23-18-35-19(3)29-23)34-15-10-6-9-14-33-24-12-8-7-11-21(24)27(28)30-31/h7-8,11-12,16-18,31H,4-6,9-10,13-15H2,1-3H3,(H2,28,30). The summed E-state index contributed by atoms with van der Waals surface area (Å²) in [5.74, 6) is 2.35. The first kappa shape index (κ1) is 26.3. The van der Waals surface area contributed by atoms with Gasteiger partial charge in [-0.15, -0.1) is 11.3 Å². The van der Waals surface area contributed by atoms with E-state index in [-0.39, 0.29) is 5.84 Å². The van der Waals surface area contributed by atoms with Crippen molar-refractivity contribution in [1.82, 2.24) is 4.98 Å². The maximum absolute atomic E-state index is 8.93. The molecule has 0 bridgehead atoms. The first-order valence-corrected chi connectivity index (χ1v) is 13.0. The molecule has 0 saturated heterocycles. The van der Waals surface area contributed by atoms with E-state index < -0.39 is 0 Å². The molecule has 2 aromatic carbocycles. The molecular weight excluding hydrogens is 462 g/mol. The third kappa shape index (κ3) is 7.36. The van der Waals surface area contributed by atoms with Gasteiger partial charge < -0.3 is 25.2 Å². The Bertz CT molecular complexity index is 1110. The molecule has 3 rings (SSSR count). The second kappa shape index (κ2) is 13.6. The van der Waals surface area contributed by atoms with Crippen molar-refractivity contribution >= 4 is 17.2 Å². The van der Waals surface area contributed by atoms with Crippen LogP contribution < -0.4 is 19.9 Å². The number of rotatable bonds is 14. The maximum Gasteiger partial charge on any atom is 0.173 e. The molecule has 0 unspecified atom stereocenters. The summed E-state index contributed by atoms with van der Waals surface area (Å²) < 4.78 is 18.1. The first-order valence-electron chi connectivity index (χ1n) is 12.1. The summed E-state index contributed by atoms with van der Waals surface area (Å²) in [7, 11) is 0. The Morgan fingerprint density at radius 2 is 1.69 bits per heavy atom. The van der Waals surface area contributed by atoms with Crippen LogP contribution in [-0.2, 0) is 6.42 Å². The molecule has 3 N–H and O–H groups in total. The second-order valence-corrected chi connectivity index (χ2v) is 9.21. The van der Waals surface area contributed by atoms with Gasteiger partial charge in [0, 0.05) is 17.0 Å². The Balaban J connectivity index is 1.54. The fourth-order valence-electron chi connectivity index (χ4n) is 3.64. The van der Waals surface area contributed by atoms with Crippen molar-refractivity contribution in [2.45, 2.75) is 52.9 Å². The molecule has 0 aliphatic carbocycles. The Labute approximate surface area is 211 Å². The molecule has 8 heteroatoms. The lowest BCUT2D eigenvalue weighted by Gasteiger charge is -2.16. The summed E-state index contributed by atoms with van der Waals surface area (Å²) in [6.07, 6.45) is 4.55. The van der Waals surface area contributed by atoms with Gasteiger partial charge in [-0.25, -0.2) is 4.98 Å². The topological polar surface area (TPSA) is 99.2 Å². The van der Waals surface area contributed by atoms with Gasteiger partial charge in [0.25, 0.3) is 0 Å². The summed E-state index contributed by atoms with van der Waals surface area (Å²) in [6.45, 7) is 8.07. The van der Waals surface area contributed by atoms with E-state index in [1.165, 1.54) is 0 Å². The Hall–Kier alpha value is -3.26. The first-order chi connectivity index (χ1) is 17.1. The van der Waals surface area contributed by atoms with Gasteiger partial charge >= 0.3 is 0 Å². The zero-order valence-electron chi connectivity index (χ0n) is 20.8. The third-order valence-electron chi connectivity index (χ3n) is 5.47. The van der Waals surface area contributed by atoms with Crippen LogP contribution in [0, 0.1) is 6.92 Å². The smallest absolute Gasteiger partial charge is 0.173 e. The highest BCUT2D eigenvalue weighted by molar-refractivity contribution is 7.09. The highest BCUT2D eigenvalue weighted by Gasteiger charge is 2.15. The van der Waals surface area contributed by atoms with Crippen molar-refractivity contribution in [2.24, 2.45) is 10.9 Å². The minimum Gasteiger partial charge on any atom is -0.493 e. The van der Waals surface area contributed by atoms with Crippen molar-refractivity contribution < 1.29 is 19.4 Å². The summed E-state index contributed by atoms with van der Waals surface area (Å²) >= 11 is 1.64. The van der Waals surface area contributed by atoms with E-state index in [0.29, 0.717) is 31.1 Å². The average Bonchev–Trinajstić information content (AvgIpc) is 3.32. The Kier molecular flexibility index (Phi) is 10.2. The van der Waals surface area contributed by atoms with E-state index in [1.807, 2.05) is 31.2 Å². The molecule has 7 nitrogen and oxygen atoms in total. The normalized spacial score (nSPS) is 11.5. The minimum atomic E-state index is 0.0407. The summed E-state index contributed by atoms with van der Waals surface area (Å²) in [6, 6.07) is 11.4.